The van der Waals surface area contributed by atoms with Gasteiger partial charge in [0.2, 0.25) is 11.8 Å². The number of imide groups is 2. The van der Waals surface area contributed by atoms with Crippen LogP contribution in [-0.4, -0.2) is 150 Å². The van der Waals surface area contributed by atoms with Crippen LogP contribution in [0.2, 0.25) is 0 Å². The third-order valence-corrected chi connectivity index (χ3v) is 12.2. The fourth-order valence-corrected chi connectivity index (χ4v) is 8.15. The molecular formula is C52H74N14O7. The minimum atomic E-state index is -0.564. The normalized spacial score (nSPS) is 12.9. The van der Waals surface area contributed by atoms with E-state index >= 15 is 0 Å². The number of aromatic amines is 1. The Labute approximate surface area is 428 Å². The Hall–Kier alpha value is -6.68. The van der Waals surface area contributed by atoms with Crippen molar-refractivity contribution >= 4 is 35.4 Å². The van der Waals surface area contributed by atoms with Gasteiger partial charge in [-0.2, -0.15) is 4.98 Å². The number of benzene rings is 2. The maximum absolute atomic E-state index is 12.5. The van der Waals surface area contributed by atoms with E-state index in [0.717, 1.165) is 75.0 Å². The number of carbonyl (C=O) groups excluding carboxylic acids is 6. The Bertz CT molecular complexity index is 2260. The predicted octanol–water partition coefficient (Wildman–Crippen LogP) is 3.63. The van der Waals surface area contributed by atoms with E-state index in [1.165, 1.54) is 57.7 Å². The number of fused-ring (bicyclic) bond motifs is 2. The van der Waals surface area contributed by atoms with E-state index in [-0.39, 0.29) is 68.6 Å². The van der Waals surface area contributed by atoms with Crippen LogP contribution in [0, 0.1) is 0 Å². The average molecular weight is 1010 g/mol. The fraction of sp³-hybridized carbons (Fsp3) is 0.538. The smallest absolute Gasteiger partial charge is 0.348 e. The molecule has 0 saturated carbocycles. The number of aromatic nitrogens is 6. The van der Waals surface area contributed by atoms with E-state index in [1.807, 2.05) is 0 Å². The summed E-state index contributed by atoms with van der Waals surface area (Å²) >= 11 is 0. The average Bonchev–Trinajstić information content (AvgIpc) is 3.78. The number of nitrogens with one attached hydrogen (secondary N) is 5. The molecule has 0 radical (unpaired) electrons. The van der Waals surface area contributed by atoms with Crippen molar-refractivity contribution in [2.24, 2.45) is 0 Å². The van der Waals surface area contributed by atoms with Crippen molar-refractivity contribution in [3.8, 4) is 0 Å². The standard InChI is InChI=1S/C31H61N9O3.C21H13N5O4/c1-5-9-17-39(18-10-6-2)21-13-15-32-25-29(41)34-23-27-36-28(38-31(43)37-27)24-35-30(42)26-33-16-14-22-40(19-11-7-3)20-12-8-4;27-18-12-5-1-2-6-13(12)19(28)25(18)9-16-22-11-23-17(24-16)10-26-20(29)14-7-3-4-8-15(14)21(26)30/h32-33H,5-26H2,1-4H3,(H,34,41)(H,35,42)(H,36,37,38,43);1-8,11H,9-10H2. The third-order valence-electron chi connectivity index (χ3n) is 12.2. The van der Waals surface area contributed by atoms with E-state index in [2.05, 4.69) is 88.7 Å². The molecule has 73 heavy (non-hydrogen) atoms. The van der Waals surface area contributed by atoms with Crippen molar-refractivity contribution in [3.05, 3.63) is 111 Å². The van der Waals surface area contributed by atoms with Crippen LogP contribution in [0.3, 0.4) is 0 Å². The van der Waals surface area contributed by atoms with Crippen molar-refractivity contribution in [1.82, 2.24) is 70.8 Å². The van der Waals surface area contributed by atoms with Gasteiger partial charge in [-0.05, 0) is 115 Å². The Morgan fingerprint density at radius 2 is 0.890 bits per heavy atom. The molecule has 4 aromatic rings. The first-order valence-corrected chi connectivity index (χ1v) is 25.9. The molecule has 6 rings (SSSR count). The molecule has 4 heterocycles. The second-order valence-corrected chi connectivity index (χ2v) is 18.0. The second-order valence-electron chi connectivity index (χ2n) is 18.0. The van der Waals surface area contributed by atoms with Crippen LogP contribution in [-0.2, 0) is 35.8 Å². The monoisotopic (exact) mass is 1010 g/mol. The quantitative estimate of drug-likeness (QED) is 0.0346. The summed E-state index contributed by atoms with van der Waals surface area (Å²) in [5.74, 6) is -1.15. The lowest BCUT2D eigenvalue weighted by molar-refractivity contribution is -0.121. The zero-order valence-corrected chi connectivity index (χ0v) is 43.0. The Kier molecular flexibility index (Phi) is 24.3. The molecule has 0 bridgehead atoms. The summed E-state index contributed by atoms with van der Waals surface area (Å²) in [6.07, 6.45) is 12.9. The molecule has 21 heteroatoms. The van der Waals surface area contributed by atoms with E-state index in [1.54, 1.807) is 48.5 Å². The molecule has 2 aliphatic rings. The first-order valence-electron chi connectivity index (χ1n) is 25.9. The summed E-state index contributed by atoms with van der Waals surface area (Å²) < 4.78 is 0. The van der Waals surface area contributed by atoms with Crippen molar-refractivity contribution in [1.29, 1.82) is 0 Å². The molecule has 0 aliphatic carbocycles. The summed E-state index contributed by atoms with van der Waals surface area (Å²) in [5, 5.41) is 11.9. The Morgan fingerprint density at radius 3 is 1.29 bits per heavy atom. The highest BCUT2D eigenvalue weighted by Gasteiger charge is 2.37. The van der Waals surface area contributed by atoms with E-state index in [4.69, 9.17) is 0 Å². The van der Waals surface area contributed by atoms with Crippen LogP contribution in [0.15, 0.2) is 59.7 Å². The summed E-state index contributed by atoms with van der Waals surface area (Å²) in [7, 11) is 0. The van der Waals surface area contributed by atoms with E-state index in [9.17, 15) is 33.6 Å². The molecule has 2 aromatic carbocycles. The summed E-state index contributed by atoms with van der Waals surface area (Å²) in [6, 6.07) is 13.1. The largest absolute Gasteiger partial charge is 0.348 e. The van der Waals surface area contributed by atoms with Gasteiger partial charge in [-0.1, -0.05) is 77.6 Å². The highest BCUT2D eigenvalue weighted by Crippen LogP contribution is 2.25. The number of H-pyrrole nitrogens is 1. The predicted molar refractivity (Wildman–Crippen MR) is 275 cm³/mol. The van der Waals surface area contributed by atoms with Gasteiger partial charge in [0.05, 0.1) is 61.5 Å². The molecule has 5 N–H and O–H groups in total. The molecule has 0 saturated heterocycles. The van der Waals surface area contributed by atoms with Crippen molar-refractivity contribution in [2.75, 3.05) is 65.4 Å². The molecule has 21 nitrogen and oxygen atoms in total. The molecule has 394 valence electrons. The van der Waals surface area contributed by atoms with Crippen molar-refractivity contribution in [3.63, 3.8) is 0 Å². The Morgan fingerprint density at radius 1 is 0.507 bits per heavy atom. The van der Waals surface area contributed by atoms with Crippen LogP contribution in [0.5, 0.6) is 0 Å². The van der Waals surface area contributed by atoms with E-state index in [0.29, 0.717) is 28.1 Å². The van der Waals surface area contributed by atoms with Gasteiger partial charge >= 0.3 is 5.69 Å². The first-order chi connectivity index (χ1) is 35.5. The molecule has 6 amide bonds. The number of rotatable bonds is 32. The Balaban J connectivity index is 0.000000285. The number of carbonyl (C=O) groups is 6. The minimum Gasteiger partial charge on any atom is -0.348 e. The topological polar surface area (TPSA) is 261 Å². The van der Waals surface area contributed by atoms with Gasteiger partial charge in [0.15, 0.2) is 17.5 Å². The molecule has 2 aromatic heterocycles. The van der Waals surface area contributed by atoms with Crippen LogP contribution in [0.25, 0.3) is 0 Å². The van der Waals surface area contributed by atoms with Crippen molar-refractivity contribution < 1.29 is 28.8 Å². The highest BCUT2D eigenvalue weighted by molar-refractivity contribution is 6.22. The number of unbranched alkanes of at least 4 members (excludes halogenated alkanes) is 4. The number of hydrogen-bond acceptors (Lipinski definition) is 16. The van der Waals surface area contributed by atoms with Gasteiger partial charge in [0.1, 0.15) is 12.2 Å². The summed E-state index contributed by atoms with van der Waals surface area (Å²) in [5.41, 5.74) is 0.780. The summed E-state index contributed by atoms with van der Waals surface area (Å²) in [6.45, 7) is 17.2. The number of hydrogen-bond donors (Lipinski definition) is 5. The molecule has 2 aliphatic heterocycles. The first kappa shape index (κ1) is 57.2. The van der Waals surface area contributed by atoms with Gasteiger partial charge in [-0.3, -0.25) is 43.6 Å². The molecular weight excluding hydrogens is 933 g/mol. The van der Waals surface area contributed by atoms with Crippen LogP contribution in [0.1, 0.15) is 157 Å². The minimum absolute atomic E-state index is 0.0439. The maximum Gasteiger partial charge on any atom is 0.348 e. The maximum atomic E-state index is 12.5. The fourth-order valence-electron chi connectivity index (χ4n) is 8.15. The van der Waals surface area contributed by atoms with Gasteiger partial charge in [0, 0.05) is 0 Å². The number of nitrogens with zero attached hydrogens (tertiary/aromatic N) is 9. The van der Waals surface area contributed by atoms with Gasteiger partial charge < -0.3 is 31.1 Å². The lowest BCUT2D eigenvalue weighted by Crippen LogP contribution is -2.37. The summed E-state index contributed by atoms with van der Waals surface area (Å²) in [4.78, 5) is 117. The zero-order valence-electron chi connectivity index (χ0n) is 43.0. The van der Waals surface area contributed by atoms with Crippen LogP contribution < -0.4 is 27.0 Å². The second kappa shape index (κ2) is 31.0. The molecule has 0 atom stereocenters. The van der Waals surface area contributed by atoms with Crippen molar-refractivity contribution in [2.45, 2.75) is 118 Å². The lowest BCUT2D eigenvalue weighted by atomic mass is 10.1. The zero-order chi connectivity index (χ0) is 52.4. The van der Waals surface area contributed by atoms with E-state index < -0.39 is 29.3 Å². The number of amides is 6. The molecule has 0 unspecified atom stereocenters. The highest BCUT2D eigenvalue weighted by atomic mass is 16.2. The van der Waals surface area contributed by atoms with Crippen LogP contribution >= 0.6 is 0 Å². The third kappa shape index (κ3) is 18.4. The van der Waals surface area contributed by atoms with Gasteiger partial charge in [-0.15, -0.1) is 0 Å². The van der Waals surface area contributed by atoms with Gasteiger partial charge in [0.25, 0.3) is 23.6 Å². The van der Waals surface area contributed by atoms with Gasteiger partial charge in [-0.25, -0.2) is 24.7 Å². The lowest BCUT2D eigenvalue weighted by Gasteiger charge is -2.21. The molecule has 0 fully saturated rings. The SMILES string of the molecule is CCCCN(CCCC)CCCNCC(=O)NCc1nc(CNC(=O)CNCCCN(CCCC)CCCC)[nH]c(=O)n1.O=C1c2ccccc2C(=O)N1Cc1ncnc(CN2C(=O)c3ccccc3C2=O)n1. The van der Waals surface area contributed by atoms with Crippen LogP contribution in [0.4, 0.5) is 0 Å². The molecule has 0 spiro atoms.